The number of thiazole rings is 1. The van der Waals surface area contributed by atoms with Gasteiger partial charge in [-0.2, -0.15) is 0 Å². The first-order chi connectivity index (χ1) is 9.90. The number of sulfonamides is 1. The minimum absolute atomic E-state index is 0.0368. The number of carboxylic acids is 1. The lowest BCUT2D eigenvalue weighted by Crippen LogP contribution is -2.27. The first-order valence-corrected chi connectivity index (χ1v) is 8.04. The standard InChI is InChI=1S/C11H10FN3O4S2/c12-7-2-1-4-13-10(7)21(18,19)14-5-3-9-15-8(6-20-9)11(16)17/h1-2,4,6,14H,3,5H2,(H,16,17). The van der Waals surface area contributed by atoms with Gasteiger partial charge in [0.25, 0.3) is 10.0 Å². The van der Waals surface area contributed by atoms with Crippen molar-refractivity contribution < 1.29 is 22.7 Å². The van der Waals surface area contributed by atoms with E-state index in [0.29, 0.717) is 5.01 Å². The van der Waals surface area contributed by atoms with Crippen molar-refractivity contribution in [2.24, 2.45) is 0 Å². The number of halogens is 1. The smallest absolute Gasteiger partial charge is 0.355 e. The molecule has 0 aliphatic rings. The largest absolute Gasteiger partial charge is 0.476 e. The number of hydrogen-bond donors (Lipinski definition) is 2. The van der Waals surface area contributed by atoms with E-state index in [1.54, 1.807) is 0 Å². The van der Waals surface area contributed by atoms with Crippen LogP contribution in [0.4, 0.5) is 4.39 Å². The van der Waals surface area contributed by atoms with Crippen molar-refractivity contribution in [1.82, 2.24) is 14.7 Å². The maximum absolute atomic E-state index is 13.4. The highest BCUT2D eigenvalue weighted by Crippen LogP contribution is 2.12. The summed E-state index contributed by atoms with van der Waals surface area (Å²) in [7, 11) is -4.05. The fraction of sp³-hybridized carbons (Fsp3) is 0.182. The molecule has 10 heteroatoms. The van der Waals surface area contributed by atoms with Crippen molar-refractivity contribution in [3.05, 3.63) is 40.2 Å². The normalized spacial score (nSPS) is 11.5. The molecule has 2 aromatic rings. The summed E-state index contributed by atoms with van der Waals surface area (Å²) in [6.45, 7) is -0.0368. The molecule has 0 aromatic carbocycles. The van der Waals surface area contributed by atoms with E-state index >= 15 is 0 Å². The Morgan fingerprint density at radius 2 is 2.24 bits per heavy atom. The van der Waals surface area contributed by atoms with E-state index in [0.717, 1.165) is 17.4 Å². The molecule has 0 amide bonds. The van der Waals surface area contributed by atoms with Gasteiger partial charge in [0.05, 0.1) is 5.01 Å². The van der Waals surface area contributed by atoms with Crippen molar-refractivity contribution in [2.45, 2.75) is 11.4 Å². The minimum Gasteiger partial charge on any atom is -0.476 e. The van der Waals surface area contributed by atoms with Crippen molar-refractivity contribution >= 4 is 27.3 Å². The lowest BCUT2D eigenvalue weighted by molar-refractivity contribution is 0.0691. The third-order valence-electron chi connectivity index (χ3n) is 2.38. The summed E-state index contributed by atoms with van der Waals surface area (Å²) in [5.74, 6) is -2.08. The fourth-order valence-corrected chi connectivity index (χ4v) is 3.26. The second-order valence-corrected chi connectivity index (χ2v) is 6.49. The Hall–Kier alpha value is -1.91. The maximum Gasteiger partial charge on any atom is 0.355 e. The number of nitrogens with one attached hydrogen (secondary N) is 1. The third-order valence-corrected chi connectivity index (χ3v) is 4.68. The van der Waals surface area contributed by atoms with Gasteiger partial charge in [-0.15, -0.1) is 11.3 Å². The summed E-state index contributed by atoms with van der Waals surface area (Å²) in [6.07, 6.45) is 1.38. The summed E-state index contributed by atoms with van der Waals surface area (Å²) in [4.78, 5) is 18.0. The molecule has 0 atom stereocenters. The first-order valence-electron chi connectivity index (χ1n) is 5.68. The molecular formula is C11H10FN3O4S2. The third kappa shape index (κ3) is 3.80. The average Bonchev–Trinajstić information content (AvgIpc) is 2.88. The van der Waals surface area contributed by atoms with Gasteiger partial charge in [-0.1, -0.05) is 0 Å². The second-order valence-electron chi connectivity index (χ2n) is 3.87. The molecular weight excluding hydrogens is 321 g/mol. The summed E-state index contributed by atoms with van der Waals surface area (Å²) in [5, 5.41) is 9.88. The van der Waals surface area contributed by atoms with E-state index in [1.807, 2.05) is 0 Å². The number of rotatable bonds is 6. The lowest BCUT2D eigenvalue weighted by atomic mass is 10.4. The van der Waals surface area contributed by atoms with E-state index in [1.165, 1.54) is 17.6 Å². The van der Waals surface area contributed by atoms with Crippen LogP contribution < -0.4 is 4.72 Å². The van der Waals surface area contributed by atoms with Crippen molar-refractivity contribution in [1.29, 1.82) is 0 Å². The zero-order valence-electron chi connectivity index (χ0n) is 10.5. The second kappa shape index (κ2) is 6.24. The first kappa shape index (κ1) is 15.5. The fourth-order valence-electron chi connectivity index (χ4n) is 1.45. The van der Waals surface area contributed by atoms with Crippen molar-refractivity contribution in [3.8, 4) is 0 Å². The summed E-state index contributed by atoms with van der Waals surface area (Å²) in [6, 6.07) is 2.29. The molecule has 2 N–H and O–H groups in total. The number of hydrogen-bond acceptors (Lipinski definition) is 6. The van der Waals surface area contributed by atoms with Crippen LogP contribution in [0.15, 0.2) is 28.7 Å². The van der Waals surface area contributed by atoms with E-state index in [9.17, 15) is 17.6 Å². The van der Waals surface area contributed by atoms with Gasteiger partial charge in [0, 0.05) is 24.5 Å². The molecule has 21 heavy (non-hydrogen) atoms. The van der Waals surface area contributed by atoms with Crippen LogP contribution in [0.25, 0.3) is 0 Å². The van der Waals surface area contributed by atoms with Gasteiger partial charge in [-0.05, 0) is 12.1 Å². The summed E-state index contributed by atoms with van der Waals surface area (Å²) >= 11 is 1.11. The SMILES string of the molecule is O=C(O)c1csc(CCNS(=O)(=O)c2ncccc2F)n1. The molecule has 2 aromatic heterocycles. The molecule has 0 radical (unpaired) electrons. The quantitative estimate of drug-likeness (QED) is 0.814. The molecule has 0 saturated carbocycles. The highest BCUT2D eigenvalue weighted by atomic mass is 32.2. The molecule has 0 spiro atoms. The van der Waals surface area contributed by atoms with Gasteiger partial charge in [-0.25, -0.2) is 32.3 Å². The van der Waals surface area contributed by atoms with Gasteiger partial charge in [0.15, 0.2) is 11.5 Å². The molecule has 0 bridgehead atoms. The Labute approximate surface area is 123 Å². The minimum atomic E-state index is -4.05. The van der Waals surface area contributed by atoms with Crippen LogP contribution in [-0.4, -0.2) is 36.0 Å². The summed E-state index contributed by atoms with van der Waals surface area (Å²) < 4.78 is 39.2. The monoisotopic (exact) mass is 331 g/mol. The van der Waals surface area contributed by atoms with Crippen LogP contribution in [0.2, 0.25) is 0 Å². The molecule has 2 rings (SSSR count). The van der Waals surface area contributed by atoms with Gasteiger partial charge >= 0.3 is 5.97 Å². The Morgan fingerprint density at radius 1 is 1.48 bits per heavy atom. The highest BCUT2D eigenvalue weighted by Gasteiger charge is 2.20. The van der Waals surface area contributed by atoms with E-state index in [4.69, 9.17) is 5.11 Å². The van der Waals surface area contributed by atoms with Gasteiger partial charge in [-0.3, -0.25) is 0 Å². The van der Waals surface area contributed by atoms with Crippen LogP contribution in [0.5, 0.6) is 0 Å². The van der Waals surface area contributed by atoms with Crippen LogP contribution in [0, 0.1) is 5.82 Å². The number of pyridine rings is 1. The van der Waals surface area contributed by atoms with E-state index in [2.05, 4.69) is 14.7 Å². The molecule has 0 saturated heterocycles. The predicted octanol–water partition coefficient (Wildman–Crippen LogP) is 0.896. The molecule has 0 fully saturated rings. The molecule has 2 heterocycles. The summed E-state index contributed by atoms with van der Waals surface area (Å²) in [5.41, 5.74) is -0.0892. The van der Waals surface area contributed by atoms with Gasteiger partial charge in [0.2, 0.25) is 5.03 Å². The highest BCUT2D eigenvalue weighted by molar-refractivity contribution is 7.89. The number of carboxylic acid groups (broad SMARTS) is 1. The number of nitrogens with zero attached hydrogens (tertiary/aromatic N) is 2. The maximum atomic E-state index is 13.4. The predicted molar refractivity (Wildman–Crippen MR) is 72.2 cm³/mol. The zero-order valence-corrected chi connectivity index (χ0v) is 12.1. The van der Waals surface area contributed by atoms with E-state index in [-0.39, 0.29) is 18.7 Å². The molecule has 0 unspecified atom stereocenters. The molecule has 0 aliphatic heterocycles. The van der Waals surface area contributed by atoms with Crippen LogP contribution in [0.1, 0.15) is 15.5 Å². The van der Waals surface area contributed by atoms with Crippen LogP contribution >= 0.6 is 11.3 Å². The van der Waals surface area contributed by atoms with E-state index < -0.39 is 26.8 Å². The number of aromatic carboxylic acids is 1. The van der Waals surface area contributed by atoms with Gasteiger partial charge in [0.1, 0.15) is 0 Å². The van der Waals surface area contributed by atoms with Gasteiger partial charge < -0.3 is 5.11 Å². The number of aromatic nitrogens is 2. The molecule has 7 nitrogen and oxygen atoms in total. The lowest BCUT2D eigenvalue weighted by Gasteiger charge is -2.05. The van der Waals surface area contributed by atoms with Crippen LogP contribution in [-0.2, 0) is 16.4 Å². The Bertz CT molecular complexity index is 760. The zero-order chi connectivity index (χ0) is 15.5. The average molecular weight is 331 g/mol. The van der Waals surface area contributed by atoms with Crippen LogP contribution in [0.3, 0.4) is 0 Å². The van der Waals surface area contributed by atoms with Crippen molar-refractivity contribution in [3.63, 3.8) is 0 Å². The number of carbonyl (C=O) groups is 1. The molecule has 0 aliphatic carbocycles. The Morgan fingerprint density at radius 3 is 2.86 bits per heavy atom. The molecule has 112 valence electrons. The topological polar surface area (TPSA) is 109 Å². The van der Waals surface area contributed by atoms with Crippen molar-refractivity contribution in [2.75, 3.05) is 6.54 Å². The Kier molecular flexibility index (Phi) is 4.60. The Balaban J connectivity index is 1.99.